The van der Waals surface area contributed by atoms with E-state index in [1.165, 1.54) is 4.90 Å². The van der Waals surface area contributed by atoms with E-state index < -0.39 is 21.8 Å². The summed E-state index contributed by atoms with van der Waals surface area (Å²) in [4.78, 5) is 14.3. The molecule has 1 saturated heterocycles. The van der Waals surface area contributed by atoms with Crippen LogP contribution < -0.4 is 0 Å². The van der Waals surface area contributed by atoms with Gasteiger partial charge in [-0.3, -0.25) is 14.2 Å². The van der Waals surface area contributed by atoms with Gasteiger partial charge >= 0.3 is 0 Å². The maximum Gasteiger partial charge on any atom is 0.266 e. The molecule has 0 aliphatic carbocycles. The molecule has 3 aromatic rings. The third kappa shape index (κ3) is 5.11. The molecule has 1 aromatic heterocycles. The van der Waals surface area contributed by atoms with Crippen molar-refractivity contribution in [1.82, 2.24) is 14.7 Å². The molecule has 164 valence electrons. The predicted octanol–water partition coefficient (Wildman–Crippen LogP) is 4.28. The second-order valence-corrected chi connectivity index (χ2v) is 10.5. The Hall–Kier alpha value is -2.50. The van der Waals surface area contributed by atoms with Crippen molar-refractivity contribution < 1.29 is 17.8 Å². The van der Waals surface area contributed by atoms with E-state index in [0.29, 0.717) is 21.2 Å². The third-order valence-electron chi connectivity index (χ3n) is 4.61. The first-order chi connectivity index (χ1) is 15.2. The van der Waals surface area contributed by atoms with Gasteiger partial charge in [0.2, 0.25) is 0 Å². The normalized spacial score (nSPS) is 15.7. The molecule has 4 rings (SSSR count). The number of halogens is 1. The van der Waals surface area contributed by atoms with Crippen LogP contribution in [0.15, 0.2) is 65.7 Å². The van der Waals surface area contributed by atoms with Gasteiger partial charge in [0.1, 0.15) is 4.32 Å². The van der Waals surface area contributed by atoms with Crippen LogP contribution in [0.4, 0.5) is 0 Å². The van der Waals surface area contributed by atoms with Crippen LogP contribution in [0.3, 0.4) is 0 Å². The zero-order valence-electron chi connectivity index (χ0n) is 16.4. The molecule has 2 aromatic carbocycles. The van der Waals surface area contributed by atoms with Crippen LogP contribution in [-0.4, -0.2) is 50.2 Å². The molecule has 1 fully saturated rings. The summed E-state index contributed by atoms with van der Waals surface area (Å²) in [6.07, 6.45) is 3.49. The number of benzene rings is 2. The summed E-state index contributed by atoms with van der Waals surface area (Å²) in [5, 5.41) is 5.30. The molecule has 0 radical (unpaired) electrons. The molecule has 1 N–H and O–H groups in total. The van der Waals surface area contributed by atoms with Gasteiger partial charge in [0.15, 0.2) is 0 Å². The van der Waals surface area contributed by atoms with Gasteiger partial charge in [0.05, 0.1) is 22.0 Å². The quantitative estimate of drug-likeness (QED) is 0.303. The van der Waals surface area contributed by atoms with E-state index in [2.05, 4.69) is 0 Å². The maximum atomic E-state index is 12.8. The molecule has 11 heteroatoms. The zero-order chi connectivity index (χ0) is 22.9. The second kappa shape index (κ2) is 9.16. The van der Waals surface area contributed by atoms with Crippen LogP contribution in [0.25, 0.3) is 23.0 Å². The lowest BCUT2D eigenvalue weighted by molar-refractivity contribution is -0.121. The van der Waals surface area contributed by atoms with Crippen molar-refractivity contribution in [2.75, 3.05) is 12.3 Å². The Morgan fingerprint density at radius 2 is 1.81 bits per heavy atom. The van der Waals surface area contributed by atoms with E-state index in [4.69, 9.17) is 33.5 Å². The highest BCUT2D eigenvalue weighted by Crippen LogP contribution is 2.35. The minimum absolute atomic E-state index is 0.214. The number of thioether (sulfide) groups is 1. The summed E-state index contributed by atoms with van der Waals surface area (Å²) in [5.41, 5.74) is 3.00. The molecular weight excluding hydrogens is 490 g/mol. The predicted molar refractivity (Wildman–Crippen MR) is 130 cm³/mol. The topological polar surface area (TPSA) is 92.5 Å². The average molecular weight is 506 g/mol. The number of hydrogen-bond donors (Lipinski definition) is 1. The molecular formula is C21H16ClN3O4S3. The van der Waals surface area contributed by atoms with E-state index in [-0.39, 0.29) is 10.9 Å². The summed E-state index contributed by atoms with van der Waals surface area (Å²) in [5.74, 6) is -1.01. The van der Waals surface area contributed by atoms with Crippen molar-refractivity contribution in [3.63, 3.8) is 0 Å². The van der Waals surface area contributed by atoms with Crippen molar-refractivity contribution in [3.8, 4) is 16.9 Å². The van der Waals surface area contributed by atoms with Gasteiger partial charge in [0.25, 0.3) is 16.0 Å². The molecule has 1 aliphatic heterocycles. The van der Waals surface area contributed by atoms with Crippen molar-refractivity contribution >= 4 is 62.0 Å². The third-order valence-corrected chi connectivity index (χ3v) is 6.94. The fraction of sp³-hybridized carbons (Fsp3) is 0.0952. The fourth-order valence-electron chi connectivity index (χ4n) is 3.08. The SMILES string of the molecule is O=C1C(=Cc2cn(-c3ccccc3)nc2-c2ccc(Cl)cc2)SC(=S)N1CCS(=O)(=O)O. The Bertz CT molecular complexity index is 1320. The van der Waals surface area contributed by atoms with E-state index in [1.807, 2.05) is 48.7 Å². The van der Waals surface area contributed by atoms with Gasteiger partial charge in [-0.05, 0) is 30.3 Å². The van der Waals surface area contributed by atoms with E-state index in [0.717, 1.165) is 23.0 Å². The molecule has 0 bridgehead atoms. The number of para-hydroxylation sites is 1. The Morgan fingerprint density at radius 1 is 1.12 bits per heavy atom. The molecule has 0 saturated carbocycles. The molecule has 7 nitrogen and oxygen atoms in total. The van der Waals surface area contributed by atoms with E-state index >= 15 is 0 Å². The van der Waals surface area contributed by atoms with Gasteiger partial charge in [-0.2, -0.15) is 13.5 Å². The van der Waals surface area contributed by atoms with Crippen molar-refractivity contribution in [2.24, 2.45) is 0 Å². The van der Waals surface area contributed by atoms with Crippen LogP contribution in [0.5, 0.6) is 0 Å². The maximum absolute atomic E-state index is 12.8. The van der Waals surface area contributed by atoms with Crippen molar-refractivity contribution in [3.05, 3.63) is 76.3 Å². The van der Waals surface area contributed by atoms with Crippen LogP contribution >= 0.6 is 35.6 Å². The molecule has 0 unspecified atom stereocenters. The van der Waals surface area contributed by atoms with Gasteiger partial charge in [0, 0.05) is 28.9 Å². The van der Waals surface area contributed by atoms with Crippen molar-refractivity contribution in [2.45, 2.75) is 0 Å². The smallest absolute Gasteiger partial charge is 0.266 e. The van der Waals surface area contributed by atoms with Crippen LogP contribution in [0, 0.1) is 0 Å². The van der Waals surface area contributed by atoms with Crippen LogP contribution in [0.1, 0.15) is 5.56 Å². The largest absolute Gasteiger partial charge is 0.292 e. The van der Waals surface area contributed by atoms with Gasteiger partial charge < -0.3 is 0 Å². The summed E-state index contributed by atoms with van der Waals surface area (Å²) in [6, 6.07) is 16.7. The lowest BCUT2D eigenvalue weighted by Crippen LogP contribution is -2.32. The van der Waals surface area contributed by atoms with Gasteiger partial charge in [-0.1, -0.05) is 65.9 Å². The number of aromatic nitrogens is 2. The molecule has 32 heavy (non-hydrogen) atoms. The Labute approximate surface area is 199 Å². The first kappa shape index (κ1) is 22.7. The number of thiocarbonyl (C=S) groups is 1. The number of carbonyl (C=O) groups excluding carboxylic acids is 1. The summed E-state index contributed by atoms with van der Waals surface area (Å²) >= 11 is 12.3. The van der Waals surface area contributed by atoms with Crippen molar-refractivity contribution in [1.29, 1.82) is 0 Å². The standard InChI is InChI=1S/C21H16ClN3O4S3/c22-16-8-6-14(7-9-16)19-15(13-25(23-19)17-4-2-1-3-5-17)12-18-20(26)24(21(30)31-18)10-11-32(27,28)29/h1-9,12-13H,10-11H2,(H,27,28,29). The van der Waals surface area contributed by atoms with Crippen LogP contribution in [-0.2, 0) is 14.9 Å². The first-order valence-electron chi connectivity index (χ1n) is 9.33. The lowest BCUT2D eigenvalue weighted by atomic mass is 10.1. The zero-order valence-corrected chi connectivity index (χ0v) is 19.6. The average Bonchev–Trinajstić information content (AvgIpc) is 3.28. The highest BCUT2D eigenvalue weighted by Gasteiger charge is 2.33. The molecule has 0 spiro atoms. The minimum Gasteiger partial charge on any atom is -0.292 e. The summed E-state index contributed by atoms with van der Waals surface area (Å²) in [6.45, 7) is -0.214. The molecule has 1 amide bonds. The van der Waals surface area contributed by atoms with Gasteiger partial charge in [-0.15, -0.1) is 0 Å². The monoisotopic (exact) mass is 505 g/mol. The highest BCUT2D eigenvalue weighted by atomic mass is 35.5. The number of carbonyl (C=O) groups is 1. The Balaban J connectivity index is 1.73. The highest BCUT2D eigenvalue weighted by molar-refractivity contribution is 8.26. The summed E-state index contributed by atoms with van der Waals surface area (Å²) < 4.78 is 33.1. The minimum atomic E-state index is -4.21. The number of rotatable bonds is 6. The van der Waals surface area contributed by atoms with E-state index in [1.54, 1.807) is 22.9 Å². The first-order valence-corrected chi connectivity index (χ1v) is 12.5. The van der Waals surface area contributed by atoms with Gasteiger partial charge in [-0.25, -0.2) is 4.68 Å². The fourth-order valence-corrected chi connectivity index (χ4v) is 4.92. The molecule has 2 heterocycles. The molecule has 0 atom stereocenters. The number of nitrogens with zero attached hydrogens (tertiary/aromatic N) is 3. The Morgan fingerprint density at radius 3 is 2.47 bits per heavy atom. The number of hydrogen-bond acceptors (Lipinski definition) is 6. The summed E-state index contributed by atoms with van der Waals surface area (Å²) in [7, 11) is -4.21. The Kier molecular flexibility index (Phi) is 6.50. The second-order valence-electron chi connectivity index (χ2n) is 6.84. The lowest BCUT2D eigenvalue weighted by Gasteiger charge is -2.12. The van der Waals surface area contributed by atoms with Crippen LogP contribution in [0.2, 0.25) is 5.02 Å². The number of amides is 1. The molecule has 1 aliphatic rings. The van der Waals surface area contributed by atoms with E-state index in [9.17, 15) is 13.2 Å².